The maximum absolute atomic E-state index is 11.2. The summed E-state index contributed by atoms with van der Waals surface area (Å²) >= 11 is 0. The first-order valence-electron chi connectivity index (χ1n) is 7.76. The number of hydrogen-bond donors (Lipinski definition) is 1. The van der Waals surface area contributed by atoms with Gasteiger partial charge in [-0.3, -0.25) is 15.5 Å². The van der Waals surface area contributed by atoms with Crippen molar-refractivity contribution in [3.8, 4) is 11.1 Å². The Hall–Kier alpha value is -3.67. The minimum atomic E-state index is -0.419. The van der Waals surface area contributed by atoms with Crippen molar-refractivity contribution in [1.29, 1.82) is 0 Å². The van der Waals surface area contributed by atoms with Crippen molar-refractivity contribution >= 4 is 22.3 Å². The van der Waals surface area contributed by atoms with Gasteiger partial charge in [-0.25, -0.2) is 0 Å². The molecule has 4 aromatic rings. The Morgan fingerprint density at radius 3 is 2.48 bits per heavy atom. The standard InChI is InChI=1S/C19H14N4O2/c24-23(25)18-12-6-9-15-13-22(21-19(15)18)20-17-11-5-4-10-16(17)14-7-2-1-3-8-14/h1-13,20H. The van der Waals surface area contributed by atoms with Crippen LogP contribution in [0.3, 0.4) is 0 Å². The van der Waals surface area contributed by atoms with Crippen molar-refractivity contribution in [3.05, 3.63) is 89.1 Å². The molecular formula is C19H14N4O2. The molecule has 0 aliphatic carbocycles. The summed E-state index contributed by atoms with van der Waals surface area (Å²) in [5, 5.41) is 16.2. The van der Waals surface area contributed by atoms with Crippen LogP contribution in [0.1, 0.15) is 0 Å². The molecule has 0 spiro atoms. The molecule has 4 rings (SSSR count). The molecular weight excluding hydrogens is 316 g/mol. The van der Waals surface area contributed by atoms with E-state index < -0.39 is 4.92 Å². The van der Waals surface area contributed by atoms with E-state index in [1.165, 1.54) is 10.9 Å². The summed E-state index contributed by atoms with van der Waals surface area (Å²) in [6.07, 6.45) is 1.74. The first kappa shape index (κ1) is 14.9. The number of aromatic nitrogens is 2. The van der Waals surface area contributed by atoms with E-state index in [1.54, 1.807) is 18.3 Å². The lowest BCUT2D eigenvalue weighted by molar-refractivity contribution is -0.383. The number of para-hydroxylation sites is 1. The monoisotopic (exact) mass is 330 g/mol. The molecule has 0 aliphatic rings. The summed E-state index contributed by atoms with van der Waals surface area (Å²) in [4.78, 5) is 12.3. The second-order valence-electron chi connectivity index (χ2n) is 5.57. The average molecular weight is 330 g/mol. The number of nitrogens with one attached hydrogen (secondary N) is 1. The molecule has 0 bridgehead atoms. The summed E-state index contributed by atoms with van der Waals surface area (Å²) in [5.74, 6) is 0. The van der Waals surface area contributed by atoms with Gasteiger partial charge in [0.2, 0.25) is 0 Å². The highest BCUT2D eigenvalue weighted by molar-refractivity contribution is 5.87. The number of rotatable bonds is 4. The van der Waals surface area contributed by atoms with E-state index in [0.29, 0.717) is 10.9 Å². The van der Waals surface area contributed by atoms with Crippen LogP contribution in [-0.2, 0) is 0 Å². The van der Waals surface area contributed by atoms with Crippen LogP contribution in [-0.4, -0.2) is 14.8 Å². The molecule has 0 radical (unpaired) electrons. The zero-order chi connectivity index (χ0) is 17.2. The molecule has 1 N–H and O–H groups in total. The molecule has 6 nitrogen and oxygen atoms in total. The van der Waals surface area contributed by atoms with Crippen molar-refractivity contribution in [2.24, 2.45) is 0 Å². The van der Waals surface area contributed by atoms with Gasteiger partial charge in [0.1, 0.15) is 0 Å². The maximum Gasteiger partial charge on any atom is 0.297 e. The van der Waals surface area contributed by atoms with Gasteiger partial charge in [0.05, 0.1) is 16.8 Å². The predicted molar refractivity (Wildman–Crippen MR) is 97.3 cm³/mol. The van der Waals surface area contributed by atoms with Gasteiger partial charge < -0.3 is 0 Å². The van der Waals surface area contributed by atoms with Gasteiger partial charge in [-0.2, -0.15) is 4.79 Å². The molecule has 6 heteroatoms. The Balaban J connectivity index is 1.76. The third-order valence-corrected chi connectivity index (χ3v) is 3.96. The third kappa shape index (κ3) is 2.81. The molecule has 1 aromatic heterocycles. The number of nitro benzene ring substituents is 1. The van der Waals surface area contributed by atoms with Gasteiger partial charge >= 0.3 is 0 Å². The zero-order valence-corrected chi connectivity index (χ0v) is 13.2. The Bertz CT molecular complexity index is 1060. The third-order valence-electron chi connectivity index (χ3n) is 3.96. The normalized spacial score (nSPS) is 10.7. The lowest BCUT2D eigenvalue weighted by atomic mass is 10.0. The van der Waals surface area contributed by atoms with Crippen LogP contribution >= 0.6 is 0 Å². The van der Waals surface area contributed by atoms with Crippen molar-refractivity contribution in [3.63, 3.8) is 0 Å². The molecule has 0 saturated heterocycles. The number of anilines is 1. The van der Waals surface area contributed by atoms with Crippen LogP contribution in [0.2, 0.25) is 0 Å². The highest BCUT2D eigenvalue weighted by Crippen LogP contribution is 2.28. The van der Waals surface area contributed by atoms with Gasteiger partial charge in [-0.15, -0.1) is 5.10 Å². The smallest absolute Gasteiger partial charge is 0.278 e. The topological polar surface area (TPSA) is 73.0 Å². The average Bonchev–Trinajstić information content (AvgIpc) is 3.05. The summed E-state index contributed by atoms with van der Waals surface area (Å²) < 4.78 is 0. The van der Waals surface area contributed by atoms with Crippen LogP contribution in [0.15, 0.2) is 79.0 Å². The van der Waals surface area contributed by atoms with E-state index in [4.69, 9.17) is 0 Å². The highest BCUT2D eigenvalue weighted by atomic mass is 16.6. The van der Waals surface area contributed by atoms with Crippen molar-refractivity contribution < 1.29 is 4.92 Å². The number of nitro groups is 1. The molecule has 1 heterocycles. The van der Waals surface area contributed by atoms with Crippen LogP contribution in [0.4, 0.5) is 11.4 Å². The molecule has 0 amide bonds. The van der Waals surface area contributed by atoms with E-state index in [0.717, 1.165) is 16.8 Å². The largest absolute Gasteiger partial charge is 0.297 e. The second-order valence-corrected chi connectivity index (χ2v) is 5.57. The fourth-order valence-electron chi connectivity index (χ4n) is 2.81. The zero-order valence-electron chi connectivity index (χ0n) is 13.2. The van der Waals surface area contributed by atoms with Gasteiger partial charge in [0, 0.05) is 17.0 Å². The molecule has 0 unspecified atom stereocenters. The highest BCUT2D eigenvalue weighted by Gasteiger charge is 2.15. The number of non-ortho nitro benzene ring substituents is 1. The molecule has 0 aliphatic heterocycles. The second kappa shape index (κ2) is 6.09. The Kier molecular flexibility index (Phi) is 3.63. The van der Waals surface area contributed by atoms with E-state index in [2.05, 4.69) is 10.5 Å². The number of benzene rings is 3. The van der Waals surface area contributed by atoms with Gasteiger partial charge in [0.25, 0.3) is 5.69 Å². The molecule has 122 valence electrons. The molecule has 0 fully saturated rings. The van der Waals surface area contributed by atoms with Crippen molar-refractivity contribution in [1.82, 2.24) is 9.89 Å². The van der Waals surface area contributed by atoms with Crippen LogP contribution in [0, 0.1) is 10.1 Å². The van der Waals surface area contributed by atoms with Gasteiger partial charge in [-0.1, -0.05) is 60.7 Å². The fraction of sp³-hybridized carbons (Fsp3) is 0. The Labute approximate surface area is 143 Å². The van der Waals surface area contributed by atoms with Gasteiger partial charge in [0.15, 0.2) is 5.52 Å². The lowest BCUT2D eigenvalue weighted by Crippen LogP contribution is -2.10. The van der Waals surface area contributed by atoms with E-state index in [-0.39, 0.29) is 5.69 Å². The van der Waals surface area contributed by atoms with Crippen LogP contribution in [0.25, 0.3) is 22.0 Å². The van der Waals surface area contributed by atoms with E-state index in [1.807, 2.05) is 54.6 Å². The molecule has 0 saturated carbocycles. The summed E-state index contributed by atoms with van der Waals surface area (Å²) in [6, 6.07) is 22.8. The van der Waals surface area contributed by atoms with E-state index >= 15 is 0 Å². The quantitative estimate of drug-likeness (QED) is 0.442. The summed E-state index contributed by atoms with van der Waals surface area (Å²) in [6.45, 7) is 0. The van der Waals surface area contributed by atoms with Crippen molar-refractivity contribution in [2.45, 2.75) is 0 Å². The van der Waals surface area contributed by atoms with Crippen LogP contribution in [0.5, 0.6) is 0 Å². The predicted octanol–water partition coefficient (Wildman–Crippen LogP) is 4.49. The SMILES string of the molecule is O=[N+]([O-])c1cccc2cn(Nc3ccccc3-c3ccccc3)nc12. The van der Waals surface area contributed by atoms with Crippen LogP contribution < -0.4 is 5.43 Å². The first-order valence-corrected chi connectivity index (χ1v) is 7.76. The number of nitrogens with zero attached hydrogens (tertiary/aromatic N) is 3. The van der Waals surface area contributed by atoms with Gasteiger partial charge in [-0.05, 0) is 11.6 Å². The number of hydrogen-bond acceptors (Lipinski definition) is 4. The minimum Gasteiger partial charge on any atom is -0.278 e. The molecule has 0 atom stereocenters. The maximum atomic E-state index is 11.2. The molecule has 3 aromatic carbocycles. The minimum absolute atomic E-state index is 0.00519. The summed E-state index contributed by atoms with van der Waals surface area (Å²) in [7, 11) is 0. The fourth-order valence-corrected chi connectivity index (χ4v) is 2.81. The van der Waals surface area contributed by atoms with Crippen molar-refractivity contribution in [2.75, 3.05) is 5.43 Å². The first-order chi connectivity index (χ1) is 12.2. The lowest BCUT2D eigenvalue weighted by Gasteiger charge is -2.11. The number of fused-ring (bicyclic) bond motifs is 1. The van der Waals surface area contributed by atoms with E-state index in [9.17, 15) is 10.1 Å². The Morgan fingerprint density at radius 2 is 1.68 bits per heavy atom. The molecule has 25 heavy (non-hydrogen) atoms. The Morgan fingerprint density at radius 1 is 0.920 bits per heavy atom. The summed E-state index contributed by atoms with van der Waals surface area (Å²) in [5.41, 5.74) is 6.53.